The van der Waals surface area contributed by atoms with Gasteiger partial charge < -0.3 is 0 Å². The molecule has 0 unspecified atom stereocenters. The van der Waals surface area contributed by atoms with Crippen molar-refractivity contribution in [2.24, 2.45) is 0 Å². The third-order valence-corrected chi connectivity index (χ3v) is 2.81. The second-order valence-corrected chi connectivity index (χ2v) is 4.27. The van der Waals surface area contributed by atoms with Crippen LogP contribution in [0.4, 0.5) is 0 Å². The Hall–Kier alpha value is -1.53. The molecule has 0 aromatic heterocycles. The second-order valence-electron chi connectivity index (χ2n) is 3.96. The van der Waals surface area contributed by atoms with Crippen LogP contribution in [0.2, 0.25) is 0 Å². The van der Waals surface area contributed by atoms with Crippen LogP contribution in [0, 0.1) is 0 Å². The summed E-state index contributed by atoms with van der Waals surface area (Å²) in [4.78, 5) is 0. The molecule has 0 aliphatic carbocycles. The van der Waals surface area contributed by atoms with E-state index < -0.39 is 0 Å². The highest BCUT2D eigenvalue weighted by atomic mass is 35.5. The minimum absolute atomic E-state index is 0.561. The van der Waals surface area contributed by atoms with E-state index in [1.165, 1.54) is 16.7 Å². The van der Waals surface area contributed by atoms with E-state index in [0.717, 1.165) is 6.42 Å². The van der Waals surface area contributed by atoms with Gasteiger partial charge in [-0.15, -0.1) is 11.6 Å². The van der Waals surface area contributed by atoms with Crippen molar-refractivity contribution in [1.82, 2.24) is 0 Å². The Morgan fingerprint density at radius 1 is 0.824 bits per heavy atom. The largest absolute Gasteiger partial charge is 0.122 e. The molecule has 2 aromatic rings. The van der Waals surface area contributed by atoms with Crippen LogP contribution >= 0.6 is 11.6 Å². The molecule has 0 amide bonds. The normalized spacial score (nSPS) is 10.9. The lowest BCUT2D eigenvalue weighted by atomic mass is 10.0. The Kier molecular flexibility index (Phi) is 4.40. The van der Waals surface area contributed by atoms with E-state index in [9.17, 15) is 0 Å². The van der Waals surface area contributed by atoms with Crippen molar-refractivity contribution in [1.29, 1.82) is 0 Å². The quantitative estimate of drug-likeness (QED) is 0.691. The monoisotopic (exact) mass is 242 g/mol. The lowest BCUT2D eigenvalue weighted by molar-refractivity contribution is 1.19. The van der Waals surface area contributed by atoms with E-state index in [4.69, 9.17) is 11.6 Å². The molecule has 0 N–H and O–H groups in total. The van der Waals surface area contributed by atoms with Gasteiger partial charge in [0.25, 0.3) is 0 Å². The van der Waals surface area contributed by atoms with Crippen molar-refractivity contribution >= 4 is 17.7 Å². The van der Waals surface area contributed by atoms with Gasteiger partial charge in [0.2, 0.25) is 0 Å². The van der Waals surface area contributed by atoms with Gasteiger partial charge in [0.1, 0.15) is 0 Å². The highest BCUT2D eigenvalue weighted by Crippen LogP contribution is 2.11. The third kappa shape index (κ3) is 3.76. The summed E-state index contributed by atoms with van der Waals surface area (Å²) in [7, 11) is 0. The first-order valence-electron chi connectivity index (χ1n) is 5.74. The number of alkyl halides is 1. The topological polar surface area (TPSA) is 0 Å². The van der Waals surface area contributed by atoms with Crippen LogP contribution in [0.25, 0.3) is 6.08 Å². The first-order chi connectivity index (χ1) is 8.38. The van der Waals surface area contributed by atoms with Gasteiger partial charge in [-0.3, -0.25) is 0 Å². The van der Waals surface area contributed by atoms with Crippen LogP contribution in [0.1, 0.15) is 16.7 Å². The van der Waals surface area contributed by atoms with Crippen LogP contribution in [-0.4, -0.2) is 5.88 Å². The molecule has 0 spiro atoms. The summed E-state index contributed by atoms with van der Waals surface area (Å²) in [6.07, 6.45) is 4.98. The summed E-state index contributed by atoms with van der Waals surface area (Å²) in [6, 6.07) is 19.1. The van der Waals surface area contributed by atoms with Crippen molar-refractivity contribution in [3.63, 3.8) is 0 Å². The fraction of sp³-hybridized carbons (Fsp3) is 0.125. The van der Waals surface area contributed by atoms with Crippen molar-refractivity contribution in [3.8, 4) is 0 Å². The van der Waals surface area contributed by atoms with Gasteiger partial charge in [-0.25, -0.2) is 0 Å². The predicted molar refractivity (Wildman–Crippen MR) is 75.4 cm³/mol. The van der Waals surface area contributed by atoms with E-state index >= 15 is 0 Å². The van der Waals surface area contributed by atoms with Gasteiger partial charge in [0.05, 0.1) is 0 Å². The average molecular weight is 243 g/mol. The minimum atomic E-state index is 0.561. The number of benzene rings is 2. The molecule has 0 radical (unpaired) electrons. The van der Waals surface area contributed by atoms with Gasteiger partial charge in [-0.1, -0.05) is 66.7 Å². The number of hydrogen-bond acceptors (Lipinski definition) is 0. The fourth-order valence-corrected chi connectivity index (χ4v) is 1.85. The van der Waals surface area contributed by atoms with Gasteiger partial charge >= 0.3 is 0 Å². The second kappa shape index (κ2) is 6.27. The first-order valence-corrected chi connectivity index (χ1v) is 6.27. The Labute approximate surface area is 108 Å². The Morgan fingerprint density at radius 2 is 1.47 bits per heavy atom. The molecule has 2 aromatic carbocycles. The van der Waals surface area contributed by atoms with E-state index in [-0.39, 0.29) is 0 Å². The van der Waals surface area contributed by atoms with Gasteiger partial charge in [0.15, 0.2) is 0 Å². The Bertz CT molecular complexity index is 469. The molecule has 86 valence electrons. The summed E-state index contributed by atoms with van der Waals surface area (Å²) < 4.78 is 0. The van der Waals surface area contributed by atoms with E-state index in [0.29, 0.717) is 5.88 Å². The summed E-state index contributed by atoms with van der Waals surface area (Å²) in [6.45, 7) is 0. The van der Waals surface area contributed by atoms with E-state index in [2.05, 4.69) is 48.5 Å². The summed E-state index contributed by atoms with van der Waals surface area (Å²) in [5.74, 6) is 0.561. The van der Waals surface area contributed by atoms with E-state index in [1.807, 2.05) is 18.2 Å². The standard InChI is InChI=1S/C16H15Cl/c17-12-4-7-14-8-10-16(11-9-14)13-15-5-2-1-3-6-15/h1-11H,12-13H2. The SMILES string of the molecule is ClCC=Cc1ccc(Cc2ccccc2)cc1. The van der Waals surface area contributed by atoms with Crippen LogP contribution in [0.3, 0.4) is 0 Å². The molecule has 0 nitrogen and oxygen atoms in total. The molecule has 0 saturated heterocycles. The maximum absolute atomic E-state index is 5.60. The number of rotatable bonds is 4. The van der Waals surface area contributed by atoms with Gasteiger partial charge in [-0.05, 0) is 23.1 Å². The molecular formula is C16H15Cl. The molecule has 2 rings (SSSR count). The predicted octanol–water partition coefficient (Wildman–Crippen LogP) is 4.53. The summed E-state index contributed by atoms with van der Waals surface area (Å²) >= 11 is 5.60. The van der Waals surface area contributed by atoms with E-state index in [1.54, 1.807) is 0 Å². The van der Waals surface area contributed by atoms with Gasteiger partial charge in [-0.2, -0.15) is 0 Å². The zero-order chi connectivity index (χ0) is 11.9. The lowest BCUT2D eigenvalue weighted by Gasteiger charge is -2.02. The fourth-order valence-electron chi connectivity index (χ4n) is 1.76. The molecule has 1 heteroatoms. The molecular weight excluding hydrogens is 228 g/mol. The maximum atomic E-state index is 5.60. The smallest absolute Gasteiger partial charge is 0.0407 e. The van der Waals surface area contributed by atoms with Crippen LogP contribution in [-0.2, 0) is 6.42 Å². The Balaban J connectivity index is 2.06. The van der Waals surface area contributed by atoms with Crippen LogP contribution in [0.15, 0.2) is 60.7 Å². The molecule has 0 bridgehead atoms. The highest BCUT2D eigenvalue weighted by Gasteiger charge is 1.95. The van der Waals surface area contributed by atoms with Crippen molar-refractivity contribution in [3.05, 3.63) is 77.4 Å². The molecule has 0 atom stereocenters. The number of hydrogen-bond donors (Lipinski definition) is 0. The summed E-state index contributed by atoms with van der Waals surface area (Å²) in [5, 5.41) is 0. The zero-order valence-corrected chi connectivity index (χ0v) is 10.4. The first kappa shape index (κ1) is 11.9. The van der Waals surface area contributed by atoms with Crippen molar-refractivity contribution in [2.75, 3.05) is 5.88 Å². The molecule has 0 aliphatic rings. The molecule has 0 heterocycles. The average Bonchev–Trinajstić information content (AvgIpc) is 2.39. The summed E-state index contributed by atoms with van der Waals surface area (Å²) in [5.41, 5.74) is 3.87. The lowest BCUT2D eigenvalue weighted by Crippen LogP contribution is -1.87. The number of allylic oxidation sites excluding steroid dienone is 1. The van der Waals surface area contributed by atoms with Crippen molar-refractivity contribution in [2.45, 2.75) is 6.42 Å². The minimum Gasteiger partial charge on any atom is -0.122 e. The maximum Gasteiger partial charge on any atom is 0.0407 e. The molecule has 0 saturated carbocycles. The van der Waals surface area contributed by atoms with Crippen molar-refractivity contribution < 1.29 is 0 Å². The van der Waals surface area contributed by atoms with Gasteiger partial charge in [0, 0.05) is 5.88 Å². The number of halogens is 1. The molecule has 0 aliphatic heterocycles. The molecule has 17 heavy (non-hydrogen) atoms. The third-order valence-electron chi connectivity index (χ3n) is 2.63. The Morgan fingerprint density at radius 3 is 2.12 bits per heavy atom. The zero-order valence-electron chi connectivity index (χ0n) is 9.64. The van der Waals surface area contributed by atoms with Crippen LogP contribution < -0.4 is 0 Å². The highest BCUT2D eigenvalue weighted by molar-refractivity contribution is 6.19. The molecule has 0 fully saturated rings. The van der Waals surface area contributed by atoms with Crippen LogP contribution in [0.5, 0.6) is 0 Å².